The summed E-state index contributed by atoms with van der Waals surface area (Å²) >= 11 is 0. The van der Waals surface area contributed by atoms with Gasteiger partial charge in [0.2, 0.25) is 0 Å². The third-order valence-electron chi connectivity index (χ3n) is 4.49. The lowest BCUT2D eigenvalue weighted by molar-refractivity contribution is -0.150. The van der Waals surface area contributed by atoms with Gasteiger partial charge in [-0.05, 0) is 50.2 Å². The maximum absolute atomic E-state index is 12.5. The number of carbonyl (C=O) groups excluding carboxylic acids is 1. The molecule has 3 unspecified atom stereocenters. The highest BCUT2D eigenvalue weighted by Crippen LogP contribution is 2.39. The van der Waals surface area contributed by atoms with E-state index in [4.69, 9.17) is 4.74 Å². The van der Waals surface area contributed by atoms with E-state index < -0.39 is 5.54 Å². The number of hydrogen-bond donors (Lipinski definition) is 1. The number of para-hydroxylation sites is 1. The van der Waals surface area contributed by atoms with E-state index in [-0.39, 0.29) is 5.97 Å². The van der Waals surface area contributed by atoms with E-state index in [0.29, 0.717) is 18.4 Å². The van der Waals surface area contributed by atoms with Crippen LogP contribution >= 0.6 is 0 Å². The van der Waals surface area contributed by atoms with E-state index in [2.05, 4.69) is 19.2 Å². The van der Waals surface area contributed by atoms with Crippen molar-refractivity contribution in [2.45, 2.75) is 45.6 Å². The number of carbonyl (C=O) groups is 1. The average molecular weight is 275 g/mol. The minimum absolute atomic E-state index is 0.109. The summed E-state index contributed by atoms with van der Waals surface area (Å²) in [6.07, 6.45) is 2.73. The summed E-state index contributed by atoms with van der Waals surface area (Å²) in [6.45, 7) is 6.79. The van der Waals surface area contributed by atoms with Crippen LogP contribution in [0.15, 0.2) is 30.3 Å². The lowest BCUT2D eigenvalue weighted by Gasteiger charge is -2.41. The summed E-state index contributed by atoms with van der Waals surface area (Å²) in [5, 5.41) is 3.46. The van der Waals surface area contributed by atoms with E-state index >= 15 is 0 Å². The van der Waals surface area contributed by atoms with Crippen LogP contribution in [0, 0.1) is 11.8 Å². The molecule has 3 nitrogen and oxygen atoms in total. The van der Waals surface area contributed by atoms with Gasteiger partial charge in [0, 0.05) is 5.69 Å². The molecule has 0 radical (unpaired) electrons. The Morgan fingerprint density at radius 1 is 1.30 bits per heavy atom. The van der Waals surface area contributed by atoms with E-state index in [0.717, 1.165) is 24.9 Å². The van der Waals surface area contributed by atoms with Crippen LogP contribution in [-0.2, 0) is 9.53 Å². The van der Waals surface area contributed by atoms with Gasteiger partial charge < -0.3 is 10.1 Å². The first-order valence-corrected chi connectivity index (χ1v) is 7.58. The Balaban J connectivity index is 2.22. The maximum Gasteiger partial charge on any atom is 0.331 e. The minimum Gasteiger partial charge on any atom is -0.464 e. The van der Waals surface area contributed by atoms with Crippen molar-refractivity contribution in [1.82, 2.24) is 0 Å². The average Bonchev–Trinajstić information content (AvgIpc) is 2.44. The van der Waals surface area contributed by atoms with Crippen molar-refractivity contribution in [3.63, 3.8) is 0 Å². The van der Waals surface area contributed by atoms with E-state index in [1.807, 2.05) is 37.3 Å². The number of benzene rings is 1. The number of ether oxygens (including phenoxy) is 1. The zero-order chi connectivity index (χ0) is 14.6. The van der Waals surface area contributed by atoms with Gasteiger partial charge in [0.1, 0.15) is 5.54 Å². The number of nitrogens with one attached hydrogen (secondary N) is 1. The molecule has 1 fully saturated rings. The van der Waals surface area contributed by atoms with Gasteiger partial charge in [-0.2, -0.15) is 0 Å². The molecule has 1 aromatic rings. The molecule has 0 amide bonds. The zero-order valence-corrected chi connectivity index (χ0v) is 12.7. The zero-order valence-electron chi connectivity index (χ0n) is 12.7. The number of anilines is 1. The number of esters is 1. The molecular weight excluding hydrogens is 250 g/mol. The molecule has 1 saturated carbocycles. The first kappa shape index (κ1) is 14.9. The fourth-order valence-corrected chi connectivity index (χ4v) is 3.03. The normalized spacial score (nSPS) is 29.8. The molecule has 110 valence electrons. The minimum atomic E-state index is -0.566. The van der Waals surface area contributed by atoms with E-state index in [1.54, 1.807) is 0 Å². The molecule has 0 aromatic heterocycles. The molecule has 1 N–H and O–H groups in total. The van der Waals surface area contributed by atoms with Gasteiger partial charge in [0.15, 0.2) is 0 Å². The van der Waals surface area contributed by atoms with Crippen molar-refractivity contribution in [2.24, 2.45) is 11.8 Å². The van der Waals surface area contributed by atoms with Gasteiger partial charge in [-0.15, -0.1) is 0 Å². The van der Waals surface area contributed by atoms with Gasteiger partial charge in [-0.25, -0.2) is 4.79 Å². The van der Waals surface area contributed by atoms with Crippen LogP contribution in [0.1, 0.15) is 40.0 Å². The van der Waals surface area contributed by atoms with Crippen molar-refractivity contribution in [2.75, 3.05) is 11.9 Å². The summed E-state index contributed by atoms with van der Waals surface area (Å²) < 4.78 is 5.34. The smallest absolute Gasteiger partial charge is 0.331 e. The summed E-state index contributed by atoms with van der Waals surface area (Å²) in [5.74, 6) is 1.07. The molecule has 1 aromatic carbocycles. The second kappa shape index (κ2) is 6.29. The second-order valence-electron chi connectivity index (χ2n) is 5.99. The maximum atomic E-state index is 12.5. The molecule has 3 heteroatoms. The van der Waals surface area contributed by atoms with Crippen LogP contribution in [0.25, 0.3) is 0 Å². The molecule has 0 aliphatic heterocycles. The van der Waals surface area contributed by atoms with Crippen LogP contribution in [0.4, 0.5) is 5.69 Å². The Morgan fingerprint density at radius 3 is 2.60 bits per heavy atom. The standard InChI is InChI=1S/C17H25NO2/c1-4-20-16(19)17(11-10-13(2)14(3)12-17)18-15-8-6-5-7-9-15/h5-9,13-14,18H,4,10-12H2,1-3H3. The van der Waals surface area contributed by atoms with E-state index in [9.17, 15) is 4.79 Å². The monoisotopic (exact) mass is 275 g/mol. The van der Waals surface area contributed by atoms with Crippen molar-refractivity contribution < 1.29 is 9.53 Å². The van der Waals surface area contributed by atoms with Crippen molar-refractivity contribution in [1.29, 1.82) is 0 Å². The van der Waals surface area contributed by atoms with Gasteiger partial charge in [0.05, 0.1) is 6.61 Å². The summed E-state index contributed by atoms with van der Waals surface area (Å²) in [7, 11) is 0. The van der Waals surface area contributed by atoms with E-state index in [1.165, 1.54) is 0 Å². The molecule has 0 saturated heterocycles. The first-order valence-electron chi connectivity index (χ1n) is 7.58. The van der Waals surface area contributed by atoms with Crippen molar-refractivity contribution in [3.05, 3.63) is 30.3 Å². The summed E-state index contributed by atoms with van der Waals surface area (Å²) in [4.78, 5) is 12.5. The molecule has 0 spiro atoms. The van der Waals surface area contributed by atoms with Crippen LogP contribution in [-0.4, -0.2) is 18.1 Å². The first-order chi connectivity index (χ1) is 9.57. The molecule has 1 aliphatic carbocycles. The van der Waals surface area contributed by atoms with Crippen LogP contribution in [0.2, 0.25) is 0 Å². The van der Waals surface area contributed by atoms with Gasteiger partial charge in [-0.3, -0.25) is 0 Å². The number of hydrogen-bond acceptors (Lipinski definition) is 3. The van der Waals surface area contributed by atoms with Crippen molar-refractivity contribution in [3.8, 4) is 0 Å². The molecule has 3 atom stereocenters. The van der Waals surface area contributed by atoms with Crippen LogP contribution in [0.3, 0.4) is 0 Å². The lowest BCUT2D eigenvalue weighted by atomic mass is 9.71. The van der Waals surface area contributed by atoms with Gasteiger partial charge in [-0.1, -0.05) is 32.0 Å². The SMILES string of the molecule is CCOC(=O)C1(Nc2ccccc2)CCC(C)C(C)C1. The highest BCUT2D eigenvalue weighted by Gasteiger charge is 2.45. The quantitative estimate of drug-likeness (QED) is 0.848. The third kappa shape index (κ3) is 3.14. The Labute approximate surface area is 121 Å². The summed E-state index contributed by atoms with van der Waals surface area (Å²) in [6, 6.07) is 9.95. The Bertz CT molecular complexity index is 446. The lowest BCUT2D eigenvalue weighted by Crippen LogP contribution is -2.52. The van der Waals surface area contributed by atoms with Gasteiger partial charge in [0.25, 0.3) is 0 Å². The Morgan fingerprint density at radius 2 is 2.00 bits per heavy atom. The topological polar surface area (TPSA) is 38.3 Å². The fourth-order valence-electron chi connectivity index (χ4n) is 3.03. The molecular formula is C17H25NO2. The summed E-state index contributed by atoms with van der Waals surface area (Å²) in [5.41, 5.74) is 0.422. The Hall–Kier alpha value is -1.51. The molecule has 2 rings (SSSR count). The predicted octanol–water partition coefficient (Wildman–Crippen LogP) is 3.86. The number of rotatable bonds is 4. The van der Waals surface area contributed by atoms with Gasteiger partial charge >= 0.3 is 5.97 Å². The van der Waals surface area contributed by atoms with Crippen molar-refractivity contribution >= 4 is 11.7 Å². The largest absolute Gasteiger partial charge is 0.464 e. The highest BCUT2D eigenvalue weighted by molar-refractivity contribution is 5.84. The molecule has 0 heterocycles. The predicted molar refractivity (Wildman–Crippen MR) is 81.6 cm³/mol. The Kier molecular flexibility index (Phi) is 4.69. The molecule has 0 bridgehead atoms. The van der Waals surface area contributed by atoms with Crippen LogP contribution in [0.5, 0.6) is 0 Å². The fraction of sp³-hybridized carbons (Fsp3) is 0.588. The molecule has 1 aliphatic rings. The molecule has 20 heavy (non-hydrogen) atoms. The highest BCUT2D eigenvalue weighted by atomic mass is 16.5. The second-order valence-corrected chi connectivity index (χ2v) is 5.99. The van der Waals surface area contributed by atoms with Crippen LogP contribution < -0.4 is 5.32 Å². The third-order valence-corrected chi connectivity index (χ3v) is 4.49.